The minimum absolute atomic E-state index is 0.270. The molecule has 2 nitrogen and oxygen atoms in total. The van der Waals surface area contributed by atoms with Crippen LogP contribution in [0.4, 0.5) is 0 Å². The number of thioether (sulfide) groups is 1. The van der Waals surface area contributed by atoms with Gasteiger partial charge in [-0.15, -0.1) is 11.8 Å². The van der Waals surface area contributed by atoms with Crippen LogP contribution in [-0.4, -0.2) is 51.1 Å². The molecule has 0 aliphatic rings. The second-order valence-corrected chi connectivity index (χ2v) is 9.12. The predicted molar refractivity (Wildman–Crippen MR) is 100 cm³/mol. The van der Waals surface area contributed by atoms with Crippen molar-refractivity contribution in [2.45, 2.75) is 105 Å². The summed E-state index contributed by atoms with van der Waals surface area (Å²) in [6, 6.07) is 1.89. The molecule has 2 unspecified atom stereocenters. The van der Waals surface area contributed by atoms with Gasteiger partial charge in [-0.25, -0.2) is 0 Å². The summed E-state index contributed by atoms with van der Waals surface area (Å²) in [6.45, 7) is 24.3. The lowest BCUT2D eigenvalue weighted by Crippen LogP contribution is -2.47. The topological polar surface area (TPSA) is 6.48 Å². The van der Waals surface area contributed by atoms with Crippen molar-refractivity contribution in [3.05, 3.63) is 0 Å². The lowest BCUT2D eigenvalue weighted by Gasteiger charge is -2.40. The summed E-state index contributed by atoms with van der Waals surface area (Å²) in [4.78, 5) is 5.22. The van der Waals surface area contributed by atoms with Gasteiger partial charge in [0.1, 0.15) is 0 Å². The molecule has 0 saturated heterocycles. The first-order valence-corrected chi connectivity index (χ1v) is 9.73. The monoisotopic (exact) mass is 316 g/mol. The van der Waals surface area contributed by atoms with Gasteiger partial charge in [0.2, 0.25) is 0 Å². The van der Waals surface area contributed by atoms with Gasteiger partial charge >= 0.3 is 0 Å². The molecule has 0 amide bonds. The van der Waals surface area contributed by atoms with E-state index in [9.17, 15) is 0 Å². The third kappa shape index (κ3) is 7.38. The van der Waals surface area contributed by atoms with E-state index in [-0.39, 0.29) is 5.54 Å². The maximum Gasteiger partial charge on any atom is 0.0533 e. The van der Waals surface area contributed by atoms with Crippen LogP contribution in [0.3, 0.4) is 0 Å². The van der Waals surface area contributed by atoms with Crippen LogP contribution >= 0.6 is 11.8 Å². The van der Waals surface area contributed by atoms with E-state index in [1.54, 1.807) is 0 Å². The summed E-state index contributed by atoms with van der Waals surface area (Å²) in [7, 11) is 0. The molecular formula is C18H40N2S. The Bertz CT molecular complexity index is 255. The fourth-order valence-electron chi connectivity index (χ4n) is 3.53. The smallest absolute Gasteiger partial charge is 0.0533 e. The highest BCUT2D eigenvalue weighted by Gasteiger charge is 2.25. The van der Waals surface area contributed by atoms with Gasteiger partial charge in [0.05, 0.1) is 5.37 Å². The van der Waals surface area contributed by atoms with Crippen LogP contribution in [-0.2, 0) is 0 Å². The first-order chi connectivity index (χ1) is 9.52. The minimum Gasteiger partial charge on any atom is -0.296 e. The molecule has 0 heterocycles. The first-order valence-electron chi connectivity index (χ1n) is 8.68. The van der Waals surface area contributed by atoms with Crippen LogP contribution in [0.1, 0.15) is 75.7 Å². The zero-order valence-corrected chi connectivity index (χ0v) is 17.0. The Hall–Kier alpha value is 0.270. The second kappa shape index (κ2) is 9.42. The fraction of sp³-hybridized carbons (Fsp3) is 1.00. The van der Waals surface area contributed by atoms with Crippen molar-refractivity contribution >= 4 is 11.8 Å². The van der Waals surface area contributed by atoms with Crippen molar-refractivity contribution in [2.75, 3.05) is 12.3 Å². The van der Waals surface area contributed by atoms with Crippen LogP contribution in [0.2, 0.25) is 0 Å². The average molecular weight is 317 g/mol. The molecule has 0 rings (SSSR count). The molecule has 128 valence electrons. The first kappa shape index (κ1) is 21.3. The molecule has 0 saturated carbocycles. The molecule has 0 fully saturated rings. The Morgan fingerprint density at radius 3 is 1.71 bits per heavy atom. The third-order valence-corrected chi connectivity index (χ3v) is 5.44. The standard InChI is InChI=1S/C18H40N2S/c1-11-19(18(8,9)10)16(6)12-13-21-17(7)20(14(2)3)15(4)5/h14-17H,11-13H2,1-10H3. The quantitative estimate of drug-likeness (QED) is 0.547. The molecule has 0 spiro atoms. The molecule has 0 bridgehead atoms. The number of hydrogen-bond acceptors (Lipinski definition) is 3. The van der Waals surface area contributed by atoms with Crippen LogP contribution in [0.5, 0.6) is 0 Å². The van der Waals surface area contributed by atoms with Crippen LogP contribution in [0.15, 0.2) is 0 Å². The highest BCUT2D eigenvalue weighted by molar-refractivity contribution is 7.99. The average Bonchev–Trinajstić information content (AvgIpc) is 2.26. The Morgan fingerprint density at radius 1 is 0.905 bits per heavy atom. The van der Waals surface area contributed by atoms with Crippen molar-refractivity contribution in [1.82, 2.24) is 9.80 Å². The van der Waals surface area contributed by atoms with Crippen molar-refractivity contribution in [3.8, 4) is 0 Å². The maximum atomic E-state index is 2.61. The Balaban J connectivity index is 4.35. The summed E-state index contributed by atoms with van der Waals surface area (Å²) in [5.74, 6) is 1.24. The molecule has 0 aromatic rings. The lowest BCUT2D eigenvalue weighted by molar-refractivity contribution is 0.0958. The zero-order valence-electron chi connectivity index (χ0n) is 16.2. The van der Waals surface area contributed by atoms with Crippen molar-refractivity contribution < 1.29 is 0 Å². The van der Waals surface area contributed by atoms with Gasteiger partial charge in [-0.3, -0.25) is 9.80 Å². The number of hydrogen-bond donors (Lipinski definition) is 0. The second-order valence-electron chi connectivity index (χ2n) is 7.70. The Morgan fingerprint density at radius 2 is 1.38 bits per heavy atom. The molecular weight excluding hydrogens is 276 g/mol. The van der Waals surface area contributed by atoms with Crippen molar-refractivity contribution in [1.29, 1.82) is 0 Å². The van der Waals surface area contributed by atoms with Gasteiger partial charge in [0.15, 0.2) is 0 Å². The highest BCUT2D eigenvalue weighted by Crippen LogP contribution is 2.24. The van der Waals surface area contributed by atoms with E-state index in [0.717, 1.165) is 6.54 Å². The highest BCUT2D eigenvalue weighted by atomic mass is 32.2. The number of nitrogens with zero attached hydrogens (tertiary/aromatic N) is 2. The fourth-order valence-corrected chi connectivity index (χ4v) is 5.01. The summed E-state index contributed by atoms with van der Waals surface area (Å²) in [5, 5.41) is 0.599. The minimum atomic E-state index is 0.270. The third-order valence-electron chi connectivity index (χ3n) is 4.24. The summed E-state index contributed by atoms with van der Waals surface area (Å²) in [6.07, 6.45) is 1.27. The van der Waals surface area contributed by atoms with E-state index in [1.165, 1.54) is 12.2 Å². The van der Waals surface area contributed by atoms with Gasteiger partial charge in [-0.1, -0.05) is 6.92 Å². The predicted octanol–water partition coefficient (Wildman–Crippen LogP) is 5.08. The van der Waals surface area contributed by atoms with Gasteiger partial charge in [-0.2, -0.15) is 0 Å². The van der Waals surface area contributed by atoms with Gasteiger partial charge in [-0.05, 0) is 81.0 Å². The van der Waals surface area contributed by atoms with E-state index in [1.807, 2.05) is 0 Å². The van der Waals surface area contributed by atoms with Crippen LogP contribution in [0.25, 0.3) is 0 Å². The van der Waals surface area contributed by atoms with Gasteiger partial charge < -0.3 is 0 Å². The molecule has 0 aromatic heterocycles. The molecule has 0 radical (unpaired) electrons. The molecule has 0 aliphatic heterocycles. The maximum absolute atomic E-state index is 2.61. The summed E-state index contributed by atoms with van der Waals surface area (Å²) in [5.41, 5.74) is 0.270. The van der Waals surface area contributed by atoms with E-state index < -0.39 is 0 Å². The summed E-state index contributed by atoms with van der Waals surface area (Å²) >= 11 is 2.11. The molecule has 2 atom stereocenters. The number of rotatable bonds is 9. The largest absolute Gasteiger partial charge is 0.296 e. The Kier molecular flexibility index (Phi) is 9.54. The molecule has 0 aromatic carbocycles. The molecule has 3 heteroatoms. The molecule has 21 heavy (non-hydrogen) atoms. The van der Waals surface area contributed by atoms with E-state index in [2.05, 4.69) is 90.8 Å². The van der Waals surface area contributed by atoms with Gasteiger partial charge in [0.25, 0.3) is 0 Å². The van der Waals surface area contributed by atoms with Gasteiger partial charge in [0, 0.05) is 23.7 Å². The normalized spacial score (nSPS) is 16.3. The molecule has 0 N–H and O–H groups in total. The van der Waals surface area contributed by atoms with Crippen molar-refractivity contribution in [3.63, 3.8) is 0 Å². The zero-order chi connectivity index (χ0) is 16.8. The SMILES string of the molecule is CCN(C(C)CCSC(C)N(C(C)C)C(C)C)C(C)(C)C. The Labute approximate surface area is 139 Å². The van der Waals surface area contributed by atoms with E-state index in [0.29, 0.717) is 23.5 Å². The van der Waals surface area contributed by atoms with E-state index in [4.69, 9.17) is 0 Å². The van der Waals surface area contributed by atoms with Crippen LogP contribution < -0.4 is 0 Å². The summed E-state index contributed by atoms with van der Waals surface area (Å²) < 4.78 is 0. The molecule has 0 aliphatic carbocycles. The van der Waals surface area contributed by atoms with Crippen LogP contribution in [0, 0.1) is 0 Å². The van der Waals surface area contributed by atoms with Crippen molar-refractivity contribution in [2.24, 2.45) is 0 Å². The lowest BCUT2D eigenvalue weighted by atomic mass is 10.0. The van der Waals surface area contributed by atoms with E-state index >= 15 is 0 Å².